The molecule has 0 aliphatic rings. The summed E-state index contributed by atoms with van der Waals surface area (Å²) >= 11 is 0. The van der Waals surface area contributed by atoms with Gasteiger partial charge in [0.1, 0.15) is 5.56 Å². The Morgan fingerprint density at radius 3 is 2.32 bits per heavy atom. The van der Waals surface area contributed by atoms with E-state index in [4.69, 9.17) is 9.47 Å². The zero-order valence-corrected chi connectivity index (χ0v) is 18.6. The minimum absolute atomic E-state index is 0.173. The monoisotopic (exact) mass is 470 g/mol. The zero-order chi connectivity index (χ0) is 24.5. The number of amides is 1. The Morgan fingerprint density at radius 2 is 1.68 bits per heavy atom. The predicted molar refractivity (Wildman–Crippen MR) is 120 cm³/mol. The van der Waals surface area contributed by atoms with E-state index < -0.39 is 17.6 Å². The van der Waals surface area contributed by atoms with Crippen LogP contribution in [0.25, 0.3) is 11.5 Å². The molecule has 0 unspecified atom stereocenters. The van der Waals surface area contributed by atoms with Crippen LogP contribution in [0, 0.1) is 0 Å². The minimum Gasteiger partial charge on any atom is -0.493 e. The highest BCUT2D eigenvalue weighted by Crippen LogP contribution is 2.33. The van der Waals surface area contributed by atoms with Crippen molar-refractivity contribution >= 4 is 11.6 Å². The first-order valence-corrected chi connectivity index (χ1v) is 10.1. The van der Waals surface area contributed by atoms with Crippen LogP contribution in [0.4, 0.5) is 18.9 Å². The molecule has 0 aliphatic carbocycles. The first kappa shape index (κ1) is 23.0. The molecule has 0 saturated carbocycles. The Kier molecular flexibility index (Phi) is 6.06. The van der Waals surface area contributed by atoms with Crippen molar-refractivity contribution in [3.8, 4) is 23.0 Å². The summed E-state index contributed by atoms with van der Waals surface area (Å²) in [5, 5.41) is 4.26. The molecule has 0 atom stereocenters. The minimum atomic E-state index is -4.51. The van der Waals surface area contributed by atoms with E-state index in [2.05, 4.69) is 5.10 Å². The van der Waals surface area contributed by atoms with Crippen LogP contribution in [0.1, 0.15) is 15.9 Å². The number of nitrogens with zero attached hydrogens (tertiary/aromatic N) is 4. The van der Waals surface area contributed by atoms with Crippen molar-refractivity contribution in [2.45, 2.75) is 6.18 Å². The summed E-state index contributed by atoms with van der Waals surface area (Å²) in [5.41, 5.74) is 0.0967. The Bertz CT molecular complexity index is 1310. The Balaban J connectivity index is 1.79. The van der Waals surface area contributed by atoms with E-state index in [1.54, 1.807) is 54.3 Å². The molecule has 2 aromatic carbocycles. The number of ether oxygens (including phenoxy) is 2. The second kappa shape index (κ2) is 8.97. The number of halogens is 3. The highest BCUT2D eigenvalue weighted by molar-refractivity contribution is 6.08. The van der Waals surface area contributed by atoms with Crippen LogP contribution in [0.15, 0.2) is 73.2 Å². The van der Waals surface area contributed by atoms with E-state index in [0.29, 0.717) is 23.0 Å². The molecule has 7 nitrogen and oxygen atoms in total. The highest BCUT2D eigenvalue weighted by Gasteiger charge is 2.31. The van der Waals surface area contributed by atoms with Gasteiger partial charge < -0.3 is 18.9 Å². The number of aromatic nitrogens is 3. The van der Waals surface area contributed by atoms with Gasteiger partial charge in [-0.05, 0) is 42.5 Å². The average molecular weight is 470 g/mol. The van der Waals surface area contributed by atoms with Gasteiger partial charge in [0.05, 0.1) is 31.7 Å². The highest BCUT2D eigenvalue weighted by atomic mass is 19.4. The number of hydrogen-bond donors (Lipinski definition) is 0. The molecule has 34 heavy (non-hydrogen) atoms. The van der Waals surface area contributed by atoms with Crippen LogP contribution in [0.3, 0.4) is 0 Å². The van der Waals surface area contributed by atoms with Crippen LogP contribution in [0.5, 0.6) is 11.5 Å². The van der Waals surface area contributed by atoms with Gasteiger partial charge in [0.15, 0.2) is 17.3 Å². The van der Waals surface area contributed by atoms with Gasteiger partial charge >= 0.3 is 6.18 Å². The molecule has 4 aromatic rings. The summed E-state index contributed by atoms with van der Waals surface area (Å²) in [6.45, 7) is 0. The third kappa shape index (κ3) is 4.21. The number of carbonyl (C=O) groups excluding carboxylic acids is 1. The topological polar surface area (TPSA) is 61.5 Å². The number of alkyl halides is 3. The molecule has 0 radical (unpaired) electrons. The van der Waals surface area contributed by atoms with Gasteiger partial charge in [-0.1, -0.05) is 6.07 Å². The van der Waals surface area contributed by atoms with Crippen LogP contribution in [-0.2, 0) is 6.18 Å². The van der Waals surface area contributed by atoms with Crippen molar-refractivity contribution in [2.75, 3.05) is 26.2 Å². The summed E-state index contributed by atoms with van der Waals surface area (Å²) in [4.78, 5) is 14.9. The number of benzene rings is 2. The SMILES string of the molecule is COc1ccc(N(C)C(=O)c2cnn(-c3cccc(C(F)(F)F)c3)c2-n2cccc2)cc1OC. The number of anilines is 1. The fourth-order valence-electron chi connectivity index (χ4n) is 3.55. The molecule has 0 N–H and O–H groups in total. The number of hydrogen-bond acceptors (Lipinski definition) is 4. The van der Waals surface area contributed by atoms with Crippen LogP contribution >= 0.6 is 0 Å². The van der Waals surface area contributed by atoms with Crippen LogP contribution in [0.2, 0.25) is 0 Å². The first-order chi connectivity index (χ1) is 16.2. The lowest BCUT2D eigenvalue weighted by atomic mass is 10.2. The van der Waals surface area contributed by atoms with Crippen molar-refractivity contribution in [3.63, 3.8) is 0 Å². The number of carbonyl (C=O) groups is 1. The molecular weight excluding hydrogens is 449 g/mol. The summed E-state index contributed by atoms with van der Waals surface area (Å²) < 4.78 is 53.4. The summed E-state index contributed by atoms with van der Waals surface area (Å²) in [6.07, 6.45) is 0.209. The first-order valence-electron chi connectivity index (χ1n) is 10.1. The lowest BCUT2D eigenvalue weighted by Gasteiger charge is -2.20. The quantitative estimate of drug-likeness (QED) is 0.399. The van der Waals surface area contributed by atoms with Crippen molar-refractivity contribution in [2.24, 2.45) is 0 Å². The average Bonchev–Trinajstić information content (AvgIpc) is 3.52. The molecule has 0 aliphatic heterocycles. The lowest BCUT2D eigenvalue weighted by Crippen LogP contribution is -2.27. The standard InChI is InChI=1S/C24H21F3N4O3/c1-29(17-9-10-20(33-2)21(14-17)34-3)23(32)19-15-28-31(22(19)30-11-4-5-12-30)18-8-6-7-16(13-18)24(25,26)27/h4-15H,1-3H3. The van der Waals surface area contributed by atoms with E-state index in [-0.39, 0.29) is 11.3 Å². The summed E-state index contributed by atoms with van der Waals surface area (Å²) in [7, 11) is 4.59. The zero-order valence-electron chi connectivity index (χ0n) is 18.6. The second-order valence-electron chi connectivity index (χ2n) is 7.34. The molecule has 0 saturated heterocycles. The van der Waals surface area contributed by atoms with Crippen molar-refractivity contribution < 1.29 is 27.4 Å². The number of rotatable bonds is 6. The molecule has 176 valence electrons. The van der Waals surface area contributed by atoms with Gasteiger partial charge in [0, 0.05) is 31.2 Å². The second-order valence-corrected chi connectivity index (χ2v) is 7.34. The predicted octanol–water partition coefficient (Wildman–Crippen LogP) is 4.98. The van der Waals surface area contributed by atoms with E-state index in [0.717, 1.165) is 12.1 Å². The summed E-state index contributed by atoms with van der Waals surface area (Å²) in [5.74, 6) is 0.859. The lowest BCUT2D eigenvalue weighted by molar-refractivity contribution is -0.137. The van der Waals surface area contributed by atoms with E-state index in [1.807, 2.05) is 0 Å². The van der Waals surface area contributed by atoms with Crippen molar-refractivity contribution in [3.05, 3.63) is 84.3 Å². The van der Waals surface area contributed by atoms with Crippen LogP contribution in [-0.4, -0.2) is 41.5 Å². The van der Waals surface area contributed by atoms with Gasteiger partial charge in [-0.2, -0.15) is 18.3 Å². The molecule has 4 rings (SSSR count). The largest absolute Gasteiger partial charge is 0.493 e. The van der Waals surface area contributed by atoms with Gasteiger partial charge in [0.25, 0.3) is 5.91 Å². The molecule has 0 bridgehead atoms. The molecule has 1 amide bonds. The maximum absolute atomic E-state index is 13.5. The number of methoxy groups -OCH3 is 2. The van der Waals surface area contributed by atoms with E-state index in [9.17, 15) is 18.0 Å². The maximum Gasteiger partial charge on any atom is 0.416 e. The summed E-state index contributed by atoms with van der Waals surface area (Å²) in [6, 6.07) is 13.3. The molecule has 10 heteroatoms. The van der Waals surface area contributed by atoms with Gasteiger partial charge in [-0.3, -0.25) is 4.79 Å². The fraction of sp³-hybridized carbons (Fsp3) is 0.167. The van der Waals surface area contributed by atoms with E-state index in [1.165, 1.54) is 42.1 Å². The molecular formula is C24H21F3N4O3. The third-order valence-corrected chi connectivity index (χ3v) is 5.30. The van der Waals surface area contributed by atoms with Gasteiger partial charge in [-0.15, -0.1) is 0 Å². The molecule has 0 spiro atoms. The van der Waals surface area contributed by atoms with E-state index >= 15 is 0 Å². The fourth-order valence-corrected chi connectivity index (χ4v) is 3.55. The maximum atomic E-state index is 13.5. The normalized spacial score (nSPS) is 11.4. The third-order valence-electron chi connectivity index (χ3n) is 5.30. The molecule has 2 heterocycles. The molecule has 0 fully saturated rings. The van der Waals surface area contributed by atoms with Gasteiger partial charge in [0.2, 0.25) is 0 Å². The van der Waals surface area contributed by atoms with Crippen molar-refractivity contribution in [1.82, 2.24) is 14.3 Å². The Labute approximate surface area is 193 Å². The Hall–Kier alpha value is -4.21. The van der Waals surface area contributed by atoms with Crippen LogP contribution < -0.4 is 14.4 Å². The molecule has 2 aromatic heterocycles. The smallest absolute Gasteiger partial charge is 0.416 e. The van der Waals surface area contributed by atoms with Crippen molar-refractivity contribution in [1.29, 1.82) is 0 Å². The van der Waals surface area contributed by atoms with Gasteiger partial charge in [-0.25, -0.2) is 4.68 Å². The Morgan fingerprint density at radius 1 is 0.971 bits per heavy atom.